The molecule has 5 nitrogen and oxygen atoms in total. The minimum Gasteiger partial charge on any atom is -0.348 e. The molecule has 1 atom stereocenters. The average Bonchev–Trinajstić information content (AvgIpc) is 2.48. The molecular weight excluding hydrogens is 297 g/mol. The van der Waals surface area contributed by atoms with Crippen molar-refractivity contribution in [2.24, 2.45) is 0 Å². The first-order chi connectivity index (χ1) is 10.9. The summed E-state index contributed by atoms with van der Waals surface area (Å²) in [5, 5.41) is 6.81. The Bertz CT molecular complexity index is 771. The van der Waals surface area contributed by atoms with Crippen molar-refractivity contribution in [2.45, 2.75) is 39.7 Å². The Labute approximate surface area is 134 Å². The van der Waals surface area contributed by atoms with Crippen LogP contribution in [0.5, 0.6) is 0 Å². The van der Waals surface area contributed by atoms with Crippen molar-refractivity contribution in [3.05, 3.63) is 57.8 Å². The van der Waals surface area contributed by atoms with Crippen LogP contribution < -0.4 is 10.7 Å². The van der Waals surface area contributed by atoms with Crippen LogP contribution >= 0.6 is 0 Å². The number of para-hydroxylation sites is 1. The van der Waals surface area contributed by atoms with Gasteiger partial charge in [-0.2, -0.15) is 5.10 Å². The highest BCUT2D eigenvalue weighted by atomic mass is 19.1. The summed E-state index contributed by atoms with van der Waals surface area (Å²) in [6.45, 7) is 5.52. The highest BCUT2D eigenvalue weighted by Gasteiger charge is 2.17. The standard InChI is InChI=1S/C17H20FN3O2/c1-4-7-11(2)19-17(23)16-15(22)10-12(3)21(20-16)14-9-6-5-8-13(14)18/h5-6,8-11H,4,7H2,1-3H3,(H,19,23)/t11-/m0/s1. The van der Waals surface area contributed by atoms with Crippen molar-refractivity contribution in [3.8, 4) is 5.69 Å². The van der Waals surface area contributed by atoms with Crippen molar-refractivity contribution in [3.63, 3.8) is 0 Å². The van der Waals surface area contributed by atoms with Crippen LogP contribution in [0, 0.1) is 12.7 Å². The predicted octanol–water partition coefficient (Wildman–Crippen LogP) is 2.60. The number of aryl methyl sites for hydroxylation is 1. The first-order valence-electron chi connectivity index (χ1n) is 7.60. The van der Waals surface area contributed by atoms with E-state index < -0.39 is 17.2 Å². The largest absolute Gasteiger partial charge is 0.348 e. The third-order valence-electron chi connectivity index (χ3n) is 3.50. The van der Waals surface area contributed by atoms with Crippen LogP contribution in [0.2, 0.25) is 0 Å². The lowest BCUT2D eigenvalue weighted by Crippen LogP contribution is -2.37. The molecule has 0 bridgehead atoms. The predicted molar refractivity (Wildman–Crippen MR) is 86.4 cm³/mol. The smallest absolute Gasteiger partial charge is 0.276 e. The minimum atomic E-state index is -0.541. The van der Waals surface area contributed by atoms with Gasteiger partial charge in [0.15, 0.2) is 5.69 Å². The number of rotatable bonds is 5. The Morgan fingerprint density at radius 1 is 1.39 bits per heavy atom. The van der Waals surface area contributed by atoms with E-state index in [-0.39, 0.29) is 17.4 Å². The zero-order chi connectivity index (χ0) is 17.0. The van der Waals surface area contributed by atoms with Crippen LogP contribution in [0.1, 0.15) is 42.9 Å². The third kappa shape index (κ3) is 3.83. The van der Waals surface area contributed by atoms with Crippen LogP contribution in [0.3, 0.4) is 0 Å². The molecule has 0 aliphatic carbocycles. The molecule has 0 fully saturated rings. The van der Waals surface area contributed by atoms with Gasteiger partial charge < -0.3 is 5.32 Å². The fourth-order valence-corrected chi connectivity index (χ4v) is 2.37. The molecule has 1 aromatic carbocycles. The Morgan fingerprint density at radius 3 is 2.74 bits per heavy atom. The molecule has 2 rings (SSSR count). The molecular formula is C17H20FN3O2. The van der Waals surface area contributed by atoms with Gasteiger partial charge in [0.2, 0.25) is 5.43 Å². The summed E-state index contributed by atoms with van der Waals surface area (Å²) in [6, 6.07) is 7.31. The lowest BCUT2D eigenvalue weighted by Gasteiger charge is -2.14. The maximum atomic E-state index is 14.0. The topological polar surface area (TPSA) is 64.0 Å². The quantitative estimate of drug-likeness (QED) is 0.922. The van der Waals surface area contributed by atoms with Crippen molar-refractivity contribution < 1.29 is 9.18 Å². The van der Waals surface area contributed by atoms with Gasteiger partial charge in [-0.3, -0.25) is 9.59 Å². The number of carbonyl (C=O) groups excluding carboxylic acids is 1. The molecule has 0 unspecified atom stereocenters. The number of nitrogens with one attached hydrogen (secondary N) is 1. The Hall–Kier alpha value is -2.50. The molecule has 1 N–H and O–H groups in total. The summed E-state index contributed by atoms with van der Waals surface area (Å²) >= 11 is 0. The van der Waals surface area contributed by atoms with Crippen molar-refractivity contribution >= 4 is 5.91 Å². The Morgan fingerprint density at radius 2 is 2.09 bits per heavy atom. The van der Waals surface area contributed by atoms with Gasteiger partial charge in [0.1, 0.15) is 11.5 Å². The van der Waals surface area contributed by atoms with E-state index in [1.807, 2.05) is 13.8 Å². The second-order valence-electron chi connectivity index (χ2n) is 5.52. The fourth-order valence-electron chi connectivity index (χ4n) is 2.37. The van der Waals surface area contributed by atoms with Crippen LogP contribution in [-0.2, 0) is 0 Å². The summed E-state index contributed by atoms with van der Waals surface area (Å²) in [4.78, 5) is 24.3. The van der Waals surface area contributed by atoms with Crippen LogP contribution in [0.25, 0.3) is 5.69 Å². The summed E-state index contributed by atoms with van der Waals surface area (Å²) < 4.78 is 15.2. The highest BCUT2D eigenvalue weighted by Crippen LogP contribution is 2.13. The Balaban J connectivity index is 2.43. The minimum absolute atomic E-state index is 0.0584. The molecule has 0 aliphatic rings. The normalized spacial score (nSPS) is 12.0. The SMILES string of the molecule is CCC[C@H](C)NC(=O)c1nn(-c2ccccc2F)c(C)cc1=O. The van der Waals surface area contributed by atoms with Crippen molar-refractivity contribution in [1.82, 2.24) is 15.1 Å². The summed E-state index contributed by atoms with van der Waals surface area (Å²) in [7, 11) is 0. The van der Waals surface area contributed by atoms with E-state index in [9.17, 15) is 14.0 Å². The highest BCUT2D eigenvalue weighted by molar-refractivity contribution is 5.92. The number of hydrogen-bond acceptors (Lipinski definition) is 3. The van der Waals surface area contributed by atoms with E-state index in [0.717, 1.165) is 12.8 Å². The van der Waals surface area contributed by atoms with Crippen LogP contribution in [0.15, 0.2) is 35.1 Å². The zero-order valence-electron chi connectivity index (χ0n) is 13.5. The fraction of sp³-hybridized carbons (Fsp3) is 0.353. The lowest BCUT2D eigenvalue weighted by atomic mass is 10.2. The Kier molecular flexibility index (Phi) is 5.26. The molecule has 0 radical (unpaired) electrons. The molecule has 1 heterocycles. The molecule has 23 heavy (non-hydrogen) atoms. The van der Waals surface area contributed by atoms with E-state index in [4.69, 9.17) is 0 Å². The molecule has 0 saturated heterocycles. The van der Waals surface area contributed by atoms with E-state index >= 15 is 0 Å². The number of nitrogens with zero attached hydrogens (tertiary/aromatic N) is 2. The number of halogens is 1. The second-order valence-corrected chi connectivity index (χ2v) is 5.52. The molecule has 1 aromatic heterocycles. The molecule has 0 aliphatic heterocycles. The number of aromatic nitrogens is 2. The number of amides is 1. The lowest BCUT2D eigenvalue weighted by molar-refractivity contribution is 0.0930. The average molecular weight is 317 g/mol. The molecule has 0 saturated carbocycles. The van der Waals surface area contributed by atoms with E-state index in [2.05, 4.69) is 10.4 Å². The van der Waals surface area contributed by atoms with E-state index in [1.54, 1.807) is 25.1 Å². The third-order valence-corrected chi connectivity index (χ3v) is 3.50. The maximum Gasteiger partial charge on any atom is 0.276 e. The zero-order valence-corrected chi connectivity index (χ0v) is 13.5. The van der Waals surface area contributed by atoms with Gasteiger partial charge in [0.25, 0.3) is 5.91 Å². The molecule has 122 valence electrons. The second kappa shape index (κ2) is 7.17. The first kappa shape index (κ1) is 16.9. The van der Waals surface area contributed by atoms with Gasteiger partial charge in [-0.05, 0) is 32.4 Å². The monoisotopic (exact) mass is 317 g/mol. The molecule has 1 amide bonds. The van der Waals surface area contributed by atoms with Crippen LogP contribution in [0.4, 0.5) is 4.39 Å². The summed E-state index contributed by atoms with van der Waals surface area (Å²) in [5.41, 5.74) is -0.0583. The van der Waals surface area contributed by atoms with Gasteiger partial charge in [-0.15, -0.1) is 0 Å². The van der Waals surface area contributed by atoms with Gasteiger partial charge in [0.05, 0.1) is 0 Å². The maximum absolute atomic E-state index is 14.0. The number of benzene rings is 1. The molecule has 6 heteroatoms. The molecule has 0 spiro atoms. The van der Waals surface area contributed by atoms with E-state index in [1.165, 1.54) is 16.8 Å². The van der Waals surface area contributed by atoms with Crippen molar-refractivity contribution in [1.29, 1.82) is 0 Å². The van der Waals surface area contributed by atoms with Gasteiger partial charge >= 0.3 is 0 Å². The first-order valence-corrected chi connectivity index (χ1v) is 7.60. The van der Waals surface area contributed by atoms with Gasteiger partial charge in [0, 0.05) is 17.8 Å². The van der Waals surface area contributed by atoms with Crippen LogP contribution in [-0.4, -0.2) is 21.7 Å². The van der Waals surface area contributed by atoms with Gasteiger partial charge in [-0.1, -0.05) is 25.5 Å². The van der Waals surface area contributed by atoms with Crippen molar-refractivity contribution in [2.75, 3.05) is 0 Å². The number of carbonyl (C=O) groups is 1. The molecule has 2 aromatic rings. The van der Waals surface area contributed by atoms with E-state index in [0.29, 0.717) is 5.69 Å². The van der Waals surface area contributed by atoms with Gasteiger partial charge in [-0.25, -0.2) is 9.07 Å². The number of hydrogen-bond donors (Lipinski definition) is 1. The summed E-state index contributed by atoms with van der Waals surface area (Å²) in [5.74, 6) is -1.02. The summed E-state index contributed by atoms with van der Waals surface area (Å²) in [6.07, 6.45) is 1.72.